The van der Waals surface area contributed by atoms with Gasteiger partial charge in [-0.3, -0.25) is 14.4 Å². The number of carbonyl (C=O) groups is 3. The van der Waals surface area contributed by atoms with Crippen LogP contribution in [0.5, 0.6) is 5.75 Å². The van der Waals surface area contributed by atoms with E-state index in [2.05, 4.69) is 24.5 Å². The average molecular weight is 512 g/mol. The van der Waals surface area contributed by atoms with Crippen LogP contribution in [0.15, 0.2) is 36.4 Å². The number of carbonyl (C=O) groups excluding carboxylic acids is 3. The first-order valence-electron chi connectivity index (χ1n) is 13.2. The van der Waals surface area contributed by atoms with Gasteiger partial charge in [0.2, 0.25) is 17.7 Å². The minimum absolute atomic E-state index is 0.0443. The minimum Gasteiger partial charge on any atom is -0.497 e. The van der Waals surface area contributed by atoms with Crippen LogP contribution >= 0.6 is 0 Å². The number of nitrogens with one attached hydrogen (secondary N) is 2. The van der Waals surface area contributed by atoms with Crippen molar-refractivity contribution in [2.45, 2.75) is 56.9 Å². The third-order valence-corrected chi connectivity index (χ3v) is 8.85. The van der Waals surface area contributed by atoms with Crippen LogP contribution in [0.1, 0.15) is 33.1 Å². The summed E-state index contributed by atoms with van der Waals surface area (Å²) in [6.45, 7) is 4.93. The van der Waals surface area contributed by atoms with Gasteiger partial charge in [-0.1, -0.05) is 38.8 Å². The molecule has 1 spiro atoms. The molecule has 9 heteroatoms. The molecule has 2 N–H and O–H groups in total. The number of ether oxygens (including phenoxy) is 3. The summed E-state index contributed by atoms with van der Waals surface area (Å²) in [5, 5.41) is 6.18. The maximum absolute atomic E-state index is 13.9. The van der Waals surface area contributed by atoms with E-state index < -0.39 is 29.6 Å². The van der Waals surface area contributed by atoms with Crippen LogP contribution in [-0.2, 0) is 23.9 Å². The molecule has 0 unspecified atom stereocenters. The Kier molecular flexibility index (Phi) is 7.02. The second-order valence-corrected chi connectivity index (χ2v) is 10.8. The second-order valence-electron chi connectivity index (χ2n) is 10.8. The third-order valence-electron chi connectivity index (χ3n) is 8.85. The molecule has 2 bridgehead atoms. The van der Waals surface area contributed by atoms with Crippen molar-refractivity contribution in [2.75, 3.05) is 32.7 Å². The summed E-state index contributed by atoms with van der Waals surface area (Å²) < 4.78 is 16.8. The fourth-order valence-corrected chi connectivity index (χ4v) is 6.64. The Morgan fingerprint density at radius 1 is 1.14 bits per heavy atom. The third kappa shape index (κ3) is 4.32. The van der Waals surface area contributed by atoms with Crippen molar-refractivity contribution < 1.29 is 28.6 Å². The average Bonchev–Trinajstić information content (AvgIpc) is 3.53. The molecule has 0 radical (unpaired) electrons. The maximum Gasteiger partial charge on any atom is 0.246 e. The molecular formula is C28H37N3O6. The lowest BCUT2D eigenvalue weighted by atomic mass is 9.73. The molecule has 200 valence electrons. The number of anilines is 1. The van der Waals surface area contributed by atoms with Crippen LogP contribution in [0.4, 0.5) is 5.69 Å². The van der Waals surface area contributed by atoms with Crippen LogP contribution in [0, 0.1) is 23.7 Å². The van der Waals surface area contributed by atoms with Gasteiger partial charge in [0.1, 0.15) is 17.4 Å². The molecule has 3 fully saturated rings. The highest BCUT2D eigenvalue weighted by Crippen LogP contribution is 2.55. The summed E-state index contributed by atoms with van der Waals surface area (Å²) in [6, 6.07) is 6.21. The quantitative estimate of drug-likeness (QED) is 0.519. The zero-order chi connectivity index (χ0) is 26.3. The van der Waals surface area contributed by atoms with Crippen molar-refractivity contribution in [3.8, 4) is 5.75 Å². The van der Waals surface area contributed by atoms with Gasteiger partial charge in [-0.05, 0) is 42.5 Å². The lowest BCUT2D eigenvalue weighted by molar-refractivity contribution is -0.142. The SMILES string of the molecule is COCCN1C(=O)[C@@H]2[C@H](C(=O)Nc3ccc(OC)cc3)[C@@H]3C=C[C@@]2(O3)[C@@H]1C(=O)N[C@@H]1CCC[C@@H](C)[C@H]1C. The normalized spacial score (nSPS) is 35.9. The van der Waals surface area contributed by atoms with E-state index in [1.807, 2.05) is 12.2 Å². The monoisotopic (exact) mass is 511 g/mol. The largest absolute Gasteiger partial charge is 0.497 e. The molecule has 2 saturated heterocycles. The first kappa shape index (κ1) is 25.7. The van der Waals surface area contributed by atoms with Crippen molar-refractivity contribution in [2.24, 2.45) is 23.7 Å². The summed E-state index contributed by atoms with van der Waals surface area (Å²) in [6.07, 6.45) is 6.22. The molecule has 1 aromatic carbocycles. The number of methoxy groups -OCH3 is 2. The molecule has 3 amide bonds. The molecule has 8 atom stereocenters. The topological polar surface area (TPSA) is 106 Å². The fraction of sp³-hybridized carbons (Fsp3) is 0.607. The molecule has 1 saturated carbocycles. The van der Waals surface area contributed by atoms with Crippen LogP contribution < -0.4 is 15.4 Å². The summed E-state index contributed by atoms with van der Waals surface area (Å²) in [5.74, 6) is -0.754. The Morgan fingerprint density at radius 2 is 1.89 bits per heavy atom. The summed E-state index contributed by atoms with van der Waals surface area (Å²) in [5.41, 5.74) is -0.576. The lowest BCUT2D eigenvalue weighted by Gasteiger charge is -2.38. The Hall–Kier alpha value is -2.91. The molecule has 5 rings (SSSR count). The van der Waals surface area contributed by atoms with Gasteiger partial charge < -0.3 is 29.7 Å². The highest BCUT2D eigenvalue weighted by molar-refractivity contribution is 6.02. The zero-order valence-corrected chi connectivity index (χ0v) is 21.9. The van der Waals surface area contributed by atoms with E-state index in [9.17, 15) is 14.4 Å². The number of likely N-dealkylation sites (tertiary alicyclic amines) is 1. The van der Waals surface area contributed by atoms with Gasteiger partial charge in [0.15, 0.2) is 0 Å². The standard InChI is InChI=1S/C28H37N3O6/c1-16-6-5-7-20(17(16)2)30-26(33)24-28-13-12-21(37-28)22(23(28)27(34)31(24)14-15-35-3)25(32)29-18-8-10-19(36-4)11-9-18/h8-13,16-17,20-24H,5-7,14-15H2,1-4H3,(H,29,32)(H,30,33)/t16-,17-,20-,21+,22-,23+,24+,28+/m1/s1. The number of fused-ring (bicyclic) bond motifs is 1. The molecular weight excluding hydrogens is 474 g/mol. The van der Waals surface area contributed by atoms with Gasteiger partial charge in [0, 0.05) is 25.4 Å². The number of rotatable bonds is 8. The Balaban J connectivity index is 1.41. The van der Waals surface area contributed by atoms with E-state index in [1.165, 1.54) is 0 Å². The van der Waals surface area contributed by atoms with E-state index in [0.29, 0.717) is 23.3 Å². The van der Waals surface area contributed by atoms with Gasteiger partial charge in [0.05, 0.1) is 31.7 Å². The van der Waals surface area contributed by atoms with Crippen LogP contribution in [0.2, 0.25) is 0 Å². The van der Waals surface area contributed by atoms with Crippen molar-refractivity contribution in [1.29, 1.82) is 0 Å². The predicted octanol–water partition coefficient (Wildman–Crippen LogP) is 2.37. The highest BCUT2D eigenvalue weighted by Gasteiger charge is 2.72. The number of hydrogen-bond acceptors (Lipinski definition) is 6. The van der Waals surface area contributed by atoms with Crippen molar-refractivity contribution in [3.63, 3.8) is 0 Å². The van der Waals surface area contributed by atoms with E-state index in [-0.39, 0.29) is 36.9 Å². The number of benzene rings is 1. The molecule has 3 aliphatic heterocycles. The molecule has 37 heavy (non-hydrogen) atoms. The molecule has 3 heterocycles. The van der Waals surface area contributed by atoms with Crippen molar-refractivity contribution >= 4 is 23.4 Å². The maximum atomic E-state index is 13.9. The Morgan fingerprint density at radius 3 is 2.59 bits per heavy atom. The van der Waals surface area contributed by atoms with E-state index >= 15 is 0 Å². The summed E-state index contributed by atoms with van der Waals surface area (Å²) in [4.78, 5) is 42.7. The smallest absolute Gasteiger partial charge is 0.246 e. The number of nitrogens with zero attached hydrogens (tertiary/aromatic N) is 1. The Bertz CT molecular complexity index is 1070. The number of amides is 3. The van der Waals surface area contributed by atoms with E-state index in [4.69, 9.17) is 14.2 Å². The zero-order valence-electron chi connectivity index (χ0n) is 21.9. The second kappa shape index (κ2) is 10.1. The summed E-state index contributed by atoms with van der Waals surface area (Å²) >= 11 is 0. The van der Waals surface area contributed by atoms with Gasteiger partial charge in [0.25, 0.3) is 0 Å². The molecule has 0 aromatic heterocycles. The predicted molar refractivity (Wildman–Crippen MR) is 137 cm³/mol. The highest BCUT2D eigenvalue weighted by atomic mass is 16.5. The first-order chi connectivity index (χ1) is 17.8. The minimum atomic E-state index is -1.18. The van der Waals surface area contributed by atoms with Crippen molar-refractivity contribution in [3.05, 3.63) is 36.4 Å². The van der Waals surface area contributed by atoms with Gasteiger partial charge >= 0.3 is 0 Å². The Labute approximate surface area is 217 Å². The van der Waals surface area contributed by atoms with E-state index in [0.717, 1.165) is 19.3 Å². The summed E-state index contributed by atoms with van der Waals surface area (Å²) in [7, 11) is 3.14. The van der Waals surface area contributed by atoms with Gasteiger partial charge in [-0.15, -0.1) is 0 Å². The van der Waals surface area contributed by atoms with E-state index in [1.54, 1.807) is 43.4 Å². The lowest BCUT2D eigenvalue weighted by Crippen LogP contribution is -2.58. The molecule has 1 aromatic rings. The van der Waals surface area contributed by atoms with Gasteiger partial charge in [-0.25, -0.2) is 0 Å². The molecule has 4 aliphatic rings. The number of hydrogen-bond donors (Lipinski definition) is 2. The molecule has 1 aliphatic carbocycles. The van der Waals surface area contributed by atoms with Crippen LogP contribution in [-0.4, -0.2) is 73.8 Å². The fourth-order valence-electron chi connectivity index (χ4n) is 6.64. The first-order valence-corrected chi connectivity index (χ1v) is 13.2. The van der Waals surface area contributed by atoms with Crippen LogP contribution in [0.3, 0.4) is 0 Å². The van der Waals surface area contributed by atoms with Crippen LogP contribution in [0.25, 0.3) is 0 Å². The molecule has 9 nitrogen and oxygen atoms in total. The van der Waals surface area contributed by atoms with Crippen molar-refractivity contribution in [1.82, 2.24) is 10.2 Å². The van der Waals surface area contributed by atoms with Gasteiger partial charge in [-0.2, -0.15) is 0 Å².